The van der Waals surface area contributed by atoms with Crippen molar-refractivity contribution in [1.29, 1.82) is 0 Å². The van der Waals surface area contributed by atoms with Gasteiger partial charge in [-0.2, -0.15) is 0 Å². The van der Waals surface area contributed by atoms with Crippen LogP contribution in [0.3, 0.4) is 0 Å². The number of hydrogen-bond acceptors (Lipinski definition) is 6. The number of unbranched alkanes of at least 4 members (excludes halogenated alkanes) is 8. The van der Waals surface area contributed by atoms with E-state index in [4.69, 9.17) is 14.9 Å². The molecule has 9 nitrogen and oxygen atoms in total. The third kappa shape index (κ3) is 28.3. The lowest BCUT2D eigenvalue weighted by molar-refractivity contribution is -0.150. The molecule has 0 spiro atoms. The number of aliphatic hydroxyl groups is 1. The van der Waals surface area contributed by atoms with Crippen molar-refractivity contribution < 1.29 is 34.1 Å². The van der Waals surface area contributed by atoms with E-state index in [1.54, 1.807) is 0 Å². The third-order valence-electron chi connectivity index (χ3n) is 7.34. The number of allylic oxidation sites excluding steroid dienone is 8. The van der Waals surface area contributed by atoms with Gasteiger partial charge < -0.3 is 25.6 Å². The van der Waals surface area contributed by atoms with E-state index < -0.39 is 24.5 Å². The second-order valence-electron chi connectivity index (χ2n) is 11.6. The first-order valence-electron chi connectivity index (χ1n) is 17.5. The summed E-state index contributed by atoms with van der Waals surface area (Å²) in [6.45, 7) is 3.26. The molecule has 0 aromatic rings. The van der Waals surface area contributed by atoms with E-state index in [1.165, 1.54) is 6.42 Å². The van der Waals surface area contributed by atoms with Crippen LogP contribution in [0.5, 0.6) is 0 Å². The molecule has 0 aliphatic carbocycles. The highest BCUT2D eigenvalue weighted by Crippen LogP contribution is 2.17. The fourth-order valence-electron chi connectivity index (χ4n) is 4.64. The summed E-state index contributed by atoms with van der Waals surface area (Å²) in [6.07, 6.45) is 34.5. The summed E-state index contributed by atoms with van der Waals surface area (Å²) >= 11 is 0. The number of carbonyl (C=O) groups is 4. The molecule has 4 N–H and O–H groups in total. The van der Waals surface area contributed by atoms with Crippen LogP contribution >= 0.6 is 0 Å². The zero-order chi connectivity index (χ0) is 34.1. The Morgan fingerprint density at radius 1 is 0.674 bits per heavy atom. The monoisotopic (exact) mass is 646 g/mol. The van der Waals surface area contributed by atoms with Crippen LogP contribution in [-0.2, 0) is 23.9 Å². The molecular formula is C37H62N2O7. The van der Waals surface area contributed by atoms with Crippen molar-refractivity contribution in [3.8, 4) is 0 Å². The maximum atomic E-state index is 12.5. The predicted molar refractivity (Wildman–Crippen MR) is 185 cm³/mol. The first-order chi connectivity index (χ1) is 22.3. The Morgan fingerprint density at radius 3 is 1.83 bits per heavy atom. The highest BCUT2D eigenvalue weighted by atomic mass is 16.5. The smallest absolute Gasteiger partial charge is 0.328 e. The molecule has 0 aromatic carbocycles. The Bertz CT molecular complexity index is 927. The first kappa shape index (κ1) is 42.8. The van der Waals surface area contributed by atoms with Crippen LogP contribution in [0.25, 0.3) is 0 Å². The number of carbonyl (C=O) groups excluding carboxylic acids is 3. The molecule has 0 aliphatic heterocycles. The second kappa shape index (κ2) is 31.8. The molecule has 0 bridgehead atoms. The van der Waals surface area contributed by atoms with Gasteiger partial charge >= 0.3 is 11.9 Å². The zero-order valence-corrected chi connectivity index (χ0v) is 28.6. The third-order valence-corrected chi connectivity index (χ3v) is 7.34. The van der Waals surface area contributed by atoms with E-state index in [1.807, 2.05) is 0 Å². The highest BCUT2D eigenvalue weighted by molar-refractivity contribution is 5.87. The van der Waals surface area contributed by atoms with Crippen LogP contribution in [0, 0.1) is 0 Å². The van der Waals surface area contributed by atoms with Crippen LogP contribution in [0.15, 0.2) is 48.6 Å². The fourth-order valence-corrected chi connectivity index (χ4v) is 4.64. The van der Waals surface area contributed by atoms with Crippen molar-refractivity contribution in [1.82, 2.24) is 10.6 Å². The number of carboxylic acids is 1. The summed E-state index contributed by atoms with van der Waals surface area (Å²) in [5.41, 5.74) is 0. The van der Waals surface area contributed by atoms with Gasteiger partial charge in [-0.05, 0) is 77.0 Å². The average molecular weight is 647 g/mol. The van der Waals surface area contributed by atoms with Crippen molar-refractivity contribution in [3.05, 3.63) is 48.6 Å². The number of nitrogens with one attached hydrogen (secondary N) is 2. The predicted octanol–water partition coefficient (Wildman–Crippen LogP) is 7.25. The first-order valence-corrected chi connectivity index (χ1v) is 17.5. The Morgan fingerprint density at radius 2 is 1.24 bits per heavy atom. The molecule has 2 amide bonds. The number of hydrogen-bond donors (Lipinski definition) is 4. The maximum absolute atomic E-state index is 12.5. The molecule has 0 fully saturated rings. The van der Waals surface area contributed by atoms with E-state index in [0.717, 1.165) is 96.3 Å². The zero-order valence-electron chi connectivity index (χ0n) is 28.6. The lowest BCUT2D eigenvalue weighted by Crippen LogP contribution is -2.47. The molecule has 0 rings (SSSR count). The summed E-state index contributed by atoms with van der Waals surface area (Å²) in [4.78, 5) is 47.1. The highest BCUT2D eigenvalue weighted by Gasteiger charge is 2.19. The van der Waals surface area contributed by atoms with E-state index in [9.17, 15) is 19.2 Å². The Labute approximate surface area is 278 Å². The van der Waals surface area contributed by atoms with E-state index >= 15 is 0 Å². The van der Waals surface area contributed by atoms with Crippen molar-refractivity contribution in [2.75, 3.05) is 13.2 Å². The van der Waals surface area contributed by atoms with Gasteiger partial charge in [0.25, 0.3) is 0 Å². The van der Waals surface area contributed by atoms with Crippen LogP contribution in [0.1, 0.15) is 136 Å². The topological polar surface area (TPSA) is 142 Å². The molecule has 0 heterocycles. The van der Waals surface area contributed by atoms with Gasteiger partial charge in [-0.25, -0.2) is 4.79 Å². The average Bonchev–Trinajstić information content (AvgIpc) is 3.03. The van der Waals surface area contributed by atoms with Crippen molar-refractivity contribution >= 4 is 23.8 Å². The molecule has 0 aromatic heterocycles. The van der Waals surface area contributed by atoms with Gasteiger partial charge in [0.05, 0.1) is 13.2 Å². The number of aliphatic carboxylic acids is 1. The van der Waals surface area contributed by atoms with Crippen LogP contribution < -0.4 is 10.6 Å². The molecule has 2 atom stereocenters. The molecular weight excluding hydrogens is 584 g/mol. The minimum atomic E-state index is -1.39. The molecule has 46 heavy (non-hydrogen) atoms. The van der Waals surface area contributed by atoms with Gasteiger partial charge in [-0.15, -0.1) is 0 Å². The maximum Gasteiger partial charge on any atom is 0.328 e. The van der Waals surface area contributed by atoms with Gasteiger partial charge in [0.15, 0.2) is 0 Å². The fraction of sp³-hybridized carbons (Fsp3) is 0.676. The Hall–Kier alpha value is -3.20. The number of carboxylic acid groups (broad SMARTS) is 1. The summed E-state index contributed by atoms with van der Waals surface area (Å²) in [5, 5.41) is 22.4. The van der Waals surface area contributed by atoms with Crippen LogP contribution in [0.2, 0.25) is 0 Å². The lowest BCUT2D eigenvalue weighted by atomic mass is 10.0. The normalized spacial score (nSPS) is 13.1. The van der Waals surface area contributed by atoms with Crippen molar-refractivity contribution in [3.63, 3.8) is 0 Å². The molecule has 0 aliphatic rings. The molecule has 0 saturated heterocycles. The number of aliphatic hydroxyl groups excluding tert-OH is 1. The summed E-state index contributed by atoms with van der Waals surface area (Å²) in [7, 11) is 0. The van der Waals surface area contributed by atoms with Crippen LogP contribution in [-0.4, -0.2) is 59.3 Å². The molecule has 262 valence electrons. The number of rotatable bonds is 30. The standard InChI is InChI=1S/C37H62N2O7/c1-3-5-7-9-10-11-12-13-14-15-16-17-18-19-25-29-36(43)46-32(26-22-8-6-4-2)27-23-20-21-24-28-34(41)38-30-35(42)39-33(31-40)37(44)45/h5,7,10-11,13-14,16-17,32-33,40H,3-4,6,8-9,12,15,18-31H2,1-2H3,(H,38,41)(H,39,42)(H,44,45)/b7-5-,11-10-,14-13-,17-16-. The minimum Gasteiger partial charge on any atom is -0.480 e. The largest absolute Gasteiger partial charge is 0.480 e. The number of ether oxygens (including phenoxy) is 1. The molecule has 2 unspecified atom stereocenters. The van der Waals surface area contributed by atoms with Gasteiger partial charge in [0.2, 0.25) is 11.8 Å². The van der Waals surface area contributed by atoms with Gasteiger partial charge in [-0.3, -0.25) is 14.4 Å². The summed E-state index contributed by atoms with van der Waals surface area (Å²) in [5.74, 6) is -2.40. The Balaban J connectivity index is 4.16. The van der Waals surface area contributed by atoms with Crippen molar-refractivity contribution in [2.24, 2.45) is 0 Å². The second-order valence-corrected chi connectivity index (χ2v) is 11.6. The van der Waals surface area contributed by atoms with Gasteiger partial charge in [0, 0.05) is 12.8 Å². The van der Waals surface area contributed by atoms with Gasteiger partial charge in [-0.1, -0.05) is 94.6 Å². The lowest BCUT2D eigenvalue weighted by Gasteiger charge is -2.18. The van der Waals surface area contributed by atoms with E-state index in [0.29, 0.717) is 12.8 Å². The van der Waals surface area contributed by atoms with E-state index in [-0.39, 0.29) is 30.9 Å². The molecule has 9 heteroatoms. The van der Waals surface area contributed by atoms with Crippen LogP contribution in [0.4, 0.5) is 0 Å². The van der Waals surface area contributed by atoms with E-state index in [2.05, 4.69) is 73.1 Å². The summed E-state index contributed by atoms with van der Waals surface area (Å²) in [6, 6.07) is -1.39. The van der Waals surface area contributed by atoms with Crippen molar-refractivity contribution in [2.45, 2.75) is 148 Å². The van der Waals surface area contributed by atoms with Gasteiger partial charge in [0.1, 0.15) is 12.1 Å². The minimum absolute atomic E-state index is 0.0611. The quantitative estimate of drug-likeness (QED) is 0.0366. The number of amides is 2. The SMILES string of the molecule is CC/C=C\C/C=C\C/C=C\C/C=C\CCCCC(=O)OC(CCCCCC)CCCCCCC(=O)NCC(=O)NC(CO)C(=O)O. The number of esters is 1. The summed E-state index contributed by atoms with van der Waals surface area (Å²) < 4.78 is 5.87. The molecule has 0 radical (unpaired) electrons. The molecule has 0 saturated carbocycles. The Kier molecular flexibility index (Phi) is 29.6.